The lowest BCUT2D eigenvalue weighted by molar-refractivity contribution is -0.154. The average Bonchev–Trinajstić information content (AvgIpc) is 3.23. The van der Waals surface area contributed by atoms with Crippen molar-refractivity contribution in [1.29, 1.82) is 0 Å². The minimum Gasteiger partial charge on any atom is -0.457 e. The van der Waals surface area contributed by atoms with Crippen LogP contribution in [0.25, 0.3) is 0 Å². The molecule has 0 aromatic carbocycles. The van der Waals surface area contributed by atoms with Gasteiger partial charge < -0.3 is 20.1 Å². The van der Waals surface area contributed by atoms with E-state index in [0.717, 1.165) is 32.1 Å². The van der Waals surface area contributed by atoms with E-state index < -0.39 is 13.9 Å². The van der Waals surface area contributed by atoms with Crippen LogP contribution in [0.1, 0.15) is 264 Å². The second-order valence-corrected chi connectivity index (χ2v) is 18.8. The molecule has 0 aliphatic heterocycles. The molecule has 0 fully saturated rings. The van der Waals surface area contributed by atoms with Crippen LogP contribution in [0.4, 0.5) is 0 Å². The maximum Gasteiger partial charge on any atom is 0.472 e. The minimum absolute atomic E-state index is 0.0930. The summed E-state index contributed by atoms with van der Waals surface area (Å²) >= 11 is 0. The van der Waals surface area contributed by atoms with Crippen LogP contribution >= 0.6 is 7.82 Å². The van der Waals surface area contributed by atoms with Crippen molar-refractivity contribution in [1.82, 2.24) is 0 Å². The van der Waals surface area contributed by atoms with Gasteiger partial charge in [-0.3, -0.25) is 13.8 Å². The van der Waals surface area contributed by atoms with Gasteiger partial charge in [-0.15, -0.1) is 0 Å². The summed E-state index contributed by atoms with van der Waals surface area (Å²) in [4.78, 5) is 22.6. The minimum atomic E-state index is -4.28. The van der Waals surface area contributed by atoms with Crippen molar-refractivity contribution in [3.8, 4) is 0 Å². The first-order valence-electron chi connectivity index (χ1n) is 25.7. The largest absolute Gasteiger partial charge is 0.472 e. The SMILES string of the molecule is CCCCCCCCC/C=C\CCCCCCCCOCC(COP(=O)(O)OCCN)OC(=O)CCCCCCCCCCCCCCCCCCCCCCCCC. The van der Waals surface area contributed by atoms with E-state index in [2.05, 4.69) is 26.0 Å². The molecule has 0 aliphatic rings. The zero-order chi connectivity index (χ0) is 43.0. The summed E-state index contributed by atoms with van der Waals surface area (Å²) < 4.78 is 33.6. The molecule has 8 nitrogen and oxygen atoms in total. The van der Waals surface area contributed by atoms with Crippen molar-refractivity contribution in [2.75, 3.05) is 33.0 Å². The number of allylic oxidation sites excluding steroid dienone is 2. The van der Waals surface area contributed by atoms with Gasteiger partial charge in [0.25, 0.3) is 0 Å². The molecule has 0 heterocycles. The van der Waals surface area contributed by atoms with Gasteiger partial charge in [-0.05, 0) is 38.5 Å². The van der Waals surface area contributed by atoms with E-state index in [4.69, 9.17) is 24.3 Å². The maximum absolute atomic E-state index is 12.7. The zero-order valence-corrected chi connectivity index (χ0v) is 40.2. The average molecular weight is 858 g/mol. The van der Waals surface area contributed by atoms with Crippen molar-refractivity contribution in [3.05, 3.63) is 12.2 Å². The van der Waals surface area contributed by atoms with Crippen molar-refractivity contribution in [2.24, 2.45) is 5.73 Å². The number of phosphoric ester groups is 1. The van der Waals surface area contributed by atoms with Gasteiger partial charge in [0.2, 0.25) is 0 Å². The van der Waals surface area contributed by atoms with Crippen LogP contribution in [-0.2, 0) is 27.9 Å². The Hall–Kier alpha value is -0.760. The van der Waals surface area contributed by atoms with E-state index in [9.17, 15) is 14.3 Å². The molecule has 0 bridgehead atoms. The molecule has 0 spiro atoms. The van der Waals surface area contributed by atoms with Gasteiger partial charge >= 0.3 is 13.8 Å². The molecular weight excluding hydrogens is 758 g/mol. The second kappa shape index (κ2) is 48.3. The van der Waals surface area contributed by atoms with Crippen LogP contribution in [0.3, 0.4) is 0 Å². The molecule has 2 unspecified atom stereocenters. The molecular formula is C50H100NO7P. The highest BCUT2D eigenvalue weighted by molar-refractivity contribution is 7.47. The third-order valence-corrected chi connectivity index (χ3v) is 12.4. The number of hydrogen-bond donors (Lipinski definition) is 2. The van der Waals surface area contributed by atoms with Gasteiger partial charge in [0.05, 0.1) is 19.8 Å². The standard InChI is InChI=1S/C50H100NO7P/c1-3-5-7-9-11-13-15-17-19-21-22-23-24-25-26-27-29-31-33-35-37-39-41-43-50(52)58-49(48-57-59(53,54)56-46-44-51)47-55-45-42-40-38-36-34-32-30-28-20-18-16-14-12-10-8-6-4-2/h20,28,49H,3-19,21-27,29-48,51H2,1-2H3,(H,53,54)/b28-20-. The predicted molar refractivity (Wildman–Crippen MR) is 252 cm³/mol. The number of carbonyl (C=O) groups excluding carboxylic acids is 1. The third kappa shape index (κ3) is 48.1. The molecule has 2 atom stereocenters. The fraction of sp³-hybridized carbons (Fsp3) is 0.940. The van der Waals surface area contributed by atoms with E-state index in [-0.39, 0.29) is 32.3 Å². The molecule has 0 rings (SSSR count). The van der Waals surface area contributed by atoms with Crippen LogP contribution < -0.4 is 5.73 Å². The first-order valence-corrected chi connectivity index (χ1v) is 27.2. The number of carbonyl (C=O) groups is 1. The van der Waals surface area contributed by atoms with Gasteiger partial charge in [0.1, 0.15) is 6.10 Å². The number of unbranched alkanes of at least 4 members (excludes halogenated alkanes) is 35. The second-order valence-electron chi connectivity index (χ2n) is 17.4. The van der Waals surface area contributed by atoms with Crippen LogP contribution in [0.2, 0.25) is 0 Å². The Morgan fingerprint density at radius 1 is 0.492 bits per heavy atom. The Balaban J connectivity index is 3.89. The van der Waals surface area contributed by atoms with Gasteiger partial charge in [-0.25, -0.2) is 4.57 Å². The molecule has 0 aliphatic carbocycles. The Bertz CT molecular complexity index is 920. The molecule has 0 amide bonds. The van der Waals surface area contributed by atoms with Crippen LogP contribution in [0, 0.1) is 0 Å². The Kier molecular flexibility index (Phi) is 47.7. The third-order valence-electron chi connectivity index (χ3n) is 11.4. The van der Waals surface area contributed by atoms with E-state index >= 15 is 0 Å². The summed E-state index contributed by atoms with van der Waals surface area (Å²) in [5.41, 5.74) is 5.39. The smallest absolute Gasteiger partial charge is 0.457 e. The van der Waals surface area contributed by atoms with Gasteiger partial charge in [-0.1, -0.05) is 231 Å². The van der Waals surface area contributed by atoms with E-state index in [1.54, 1.807) is 0 Å². The van der Waals surface area contributed by atoms with Crippen molar-refractivity contribution < 1.29 is 32.8 Å². The summed E-state index contributed by atoms with van der Waals surface area (Å²) in [6.07, 6.45) is 53.9. The first kappa shape index (κ1) is 58.2. The molecule has 0 aromatic rings. The molecule has 59 heavy (non-hydrogen) atoms. The highest BCUT2D eigenvalue weighted by atomic mass is 31.2. The topological polar surface area (TPSA) is 117 Å². The quantitative estimate of drug-likeness (QED) is 0.0269. The Morgan fingerprint density at radius 2 is 0.847 bits per heavy atom. The lowest BCUT2D eigenvalue weighted by Gasteiger charge is -2.20. The van der Waals surface area contributed by atoms with Crippen molar-refractivity contribution >= 4 is 13.8 Å². The monoisotopic (exact) mass is 858 g/mol. The molecule has 9 heteroatoms. The number of rotatable bonds is 50. The van der Waals surface area contributed by atoms with Crippen molar-refractivity contribution in [2.45, 2.75) is 270 Å². The number of ether oxygens (including phenoxy) is 2. The summed E-state index contributed by atoms with van der Waals surface area (Å²) in [7, 11) is -4.28. The number of esters is 1. The Morgan fingerprint density at radius 3 is 1.24 bits per heavy atom. The fourth-order valence-electron chi connectivity index (χ4n) is 7.64. The van der Waals surface area contributed by atoms with Crippen molar-refractivity contribution in [3.63, 3.8) is 0 Å². The first-order chi connectivity index (χ1) is 28.9. The summed E-state index contributed by atoms with van der Waals surface area (Å²) in [5, 5.41) is 0. The summed E-state index contributed by atoms with van der Waals surface area (Å²) in [6.45, 7) is 4.97. The lowest BCUT2D eigenvalue weighted by Crippen LogP contribution is -2.28. The van der Waals surface area contributed by atoms with E-state index in [0.29, 0.717) is 13.0 Å². The molecule has 0 saturated heterocycles. The molecule has 0 radical (unpaired) electrons. The van der Waals surface area contributed by atoms with Crippen LogP contribution in [0.5, 0.6) is 0 Å². The lowest BCUT2D eigenvalue weighted by atomic mass is 10.0. The van der Waals surface area contributed by atoms with Crippen LogP contribution in [-0.4, -0.2) is 49.9 Å². The van der Waals surface area contributed by atoms with Crippen LogP contribution in [0.15, 0.2) is 12.2 Å². The number of nitrogens with two attached hydrogens (primary N) is 1. The van der Waals surface area contributed by atoms with Gasteiger partial charge in [-0.2, -0.15) is 0 Å². The van der Waals surface area contributed by atoms with Gasteiger partial charge in [0.15, 0.2) is 0 Å². The molecule has 352 valence electrons. The fourth-order valence-corrected chi connectivity index (χ4v) is 8.41. The van der Waals surface area contributed by atoms with E-state index in [1.165, 1.54) is 212 Å². The predicted octanol–water partition coefficient (Wildman–Crippen LogP) is 15.8. The number of hydrogen-bond acceptors (Lipinski definition) is 7. The molecule has 0 aromatic heterocycles. The maximum atomic E-state index is 12.7. The highest BCUT2D eigenvalue weighted by Gasteiger charge is 2.25. The van der Waals surface area contributed by atoms with Gasteiger partial charge in [0, 0.05) is 19.6 Å². The summed E-state index contributed by atoms with van der Waals surface area (Å²) in [5.74, 6) is -0.325. The number of phosphoric acid groups is 1. The Labute approximate surface area is 366 Å². The van der Waals surface area contributed by atoms with E-state index in [1.807, 2.05) is 0 Å². The molecule has 3 N–H and O–H groups in total. The summed E-state index contributed by atoms with van der Waals surface area (Å²) in [6, 6.07) is 0. The zero-order valence-electron chi connectivity index (χ0n) is 39.3. The molecule has 0 saturated carbocycles. The normalized spacial score (nSPS) is 13.4. The highest BCUT2D eigenvalue weighted by Crippen LogP contribution is 2.43.